The number of hydrogen-bond acceptors (Lipinski definition) is 3. The summed E-state index contributed by atoms with van der Waals surface area (Å²) in [6.07, 6.45) is 0. The highest BCUT2D eigenvalue weighted by atomic mass is 16.5. The molecular weight excluding hydrogens is 364 g/mol. The maximum Gasteiger partial charge on any atom is 0.255 e. The molecule has 29 heavy (non-hydrogen) atoms. The zero-order chi connectivity index (χ0) is 20.8. The molecule has 0 spiro atoms. The second-order valence-electron chi connectivity index (χ2n) is 6.84. The molecule has 1 unspecified atom stereocenters. The standard InChI is InChI=1S/C24H24N2O3/c1-16-9-14-22(29-3)21(15-16)26-24(28)20-12-10-19(11-13-20)23(27)25-17(2)18-7-5-4-6-8-18/h4-15,17H,1-3H3,(H,25,27)(H,26,28). The SMILES string of the molecule is COc1ccc(C)cc1NC(=O)c1ccc(C(=O)NC(C)c2ccccc2)cc1. The summed E-state index contributed by atoms with van der Waals surface area (Å²) in [7, 11) is 1.56. The lowest BCUT2D eigenvalue weighted by Crippen LogP contribution is -2.26. The van der Waals surface area contributed by atoms with Crippen molar-refractivity contribution in [1.29, 1.82) is 0 Å². The second kappa shape index (κ2) is 9.06. The highest BCUT2D eigenvalue weighted by molar-refractivity contribution is 6.05. The van der Waals surface area contributed by atoms with E-state index >= 15 is 0 Å². The molecule has 0 aromatic heterocycles. The van der Waals surface area contributed by atoms with Crippen LogP contribution in [0.15, 0.2) is 72.8 Å². The van der Waals surface area contributed by atoms with Gasteiger partial charge in [-0.25, -0.2) is 0 Å². The first-order chi connectivity index (χ1) is 14.0. The summed E-state index contributed by atoms with van der Waals surface area (Å²) in [5.74, 6) is 0.141. The maximum absolute atomic E-state index is 12.6. The minimum Gasteiger partial charge on any atom is -0.495 e. The third-order valence-electron chi connectivity index (χ3n) is 4.66. The monoisotopic (exact) mass is 388 g/mol. The van der Waals surface area contributed by atoms with Crippen LogP contribution in [0.25, 0.3) is 0 Å². The van der Waals surface area contributed by atoms with Crippen molar-refractivity contribution in [2.45, 2.75) is 19.9 Å². The van der Waals surface area contributed by atoms with Gasteiger partial charge in [0.25, 0.3) is 11.8 Å². The first kappa shape index (κ1) is 20.1. The predicted octanol–water partition coefficient (Wildman–Crippen LogP) is 4.75. The molecule has 3 rings (SSSR count). The van der Waals surface area contributed by atoms with Crippen LogP contribution in [0.2, 0.25) is 0 Å². The van der Waals surface area contributed by atoms with Crippen LogP contribution in [0.3, 0.4) is 0 Å². The minimum absolute atomic E-state index is 0.111. The fourth-order valence-corrected chi connectivity index (χ4v) is 2.99. The van der Waals surface area contributed by atoms with Crippen LogP contribution in [0.4, 0.5) is 5.69 Å². The lowest BCUT2D eigenvalue weighted by Gasteiger charge is -2.14. The van der Waals surface area contributed by atoms with E-state index in [1.165, 1.54) is 0 Å². The minimum atomic E-state index is -0.265. The summed E-state index contributed by atoms with van der Waals surface area (Å²) < 4.78 is 5.29. The van der Waals surface area contributed by atoms with Crippen molar-refractivity contribution < 1.29 is 14.3 Å². The Labute approximate surface area is 170 Å². The fraction of sp³-hybridized carbons (Fsp3) is 0.167. The molecular formula is C24H24N2O3. The van der Waals surface area contributed by atoms with Crippen molar-refractivity contribution in [3.63, 3.8) is 0 Å². The van der Waals surface area contributed by atoms with E-state index in [0.717, 1.165) is 11.1 Å². The summed E-state index contributed by atoms with van der Waals surface area (Å²) in [5.41, 5.74) is 3.61. The molecule has 2 N–H and O–H groups in total. The van der Waals surface area contributed by atoms with E-state index in [-0.39, 0.29) is 17.9 Å². The van der Waals surface area contributed by atoms with Crippen molar-refractivity contribution in [3.8, 4) is 5.75 Å². The normalized spacial score (nSPS) is 11.4. The Morgan fingerprint density at radius 2 is 1.48 bits per heavy atom. The Bertz CT molecular complexity index is 998. The largest absolute Gasteiger partial charge is 0.495 e. The summed E-state index contributed by atoms with van der Waals surface area (Å²) in [4.78, 5) is 25.1. The predicted molar refractivity (Wildman–Crippen MR) is 114 cm³/mol. The van der Waals surface area contributed by atoms with Gasteiger partial charge in [-0.2, -0.15) is 0 Å². The van der Waals surface area contributed by atoms with Gasteiger partial charge < -0.3 is 15.4 Å². The molecule has 0 aliphatic carbocycles. The summed E-state index contributed by atoms with van der Waals surface area (Å²) in [6.45, 7) is 3.88. The third-order valence-corrected chi connectivity index (χ3v) is 4.66. The van der Waals surface area contributed by atoms with Crippen LogP contribution in [0.1, 0.15) is 44.8 Å². The summed E-state index contributed by atoms with van der Waals surface area (Å²) in [5, 5.41) is 5.82. The van der Waals surface area contributed by atoms with Gasteiger partial charge in [0.15, 0.2) is 0 Å². The number of anilines is 1. The molecule has 0 fully saturated rings. The number of hydrogen-bond donors (Lipinski definition) is 2. The van der Waals surface area contributed by atoms with Gasteiger partial charge in [-0.05, 0) is 61.4 Å². The molecule has 3 aromatic carbocycles. The van der Waals surface area contributed by atoms with Crippen molar-refractivity contribution >= 4 is 17.5 Å². The summed E-state index contributed by atoms with van der Waals surface area (Å²) in [6, 6.07) is 21.8. The zero-order valence-electron chi connectivity index (χ0n) is 16.7. The molecule has 5 nitrogen and oxygen atoms in total. The van der Waals surface area contributed by atoms with Crippen molar-refractivity contribution in [3.05, 3.63) is 95.1 Å². The second-order valence-corrected chi connectivity index (χ2v) is 6.84. The first-order valence-corrected chi connectivity index (χ1v) is 9.40. The number of aryl methyl sites for hydroxylation is 1. The van der Waals surface area contributed by atoms with Gasteiger partial charge in [-0.3, -0.25) is 9.59 Å². The highest BCUT2D eigenvalue weighted by Crippen LogP contribution is 2.25. The Hall–Kier alpha value is -3.60. The van der Waals surface area contributed by atoms with Crippen LogP contribution in [-0.2, 0) is 0 Å². The van der Waals surface area contributed by atoms with E-state index in [2.05, 4.69) is 10.6 Å². The van der Waals surface area contributed by atoms with Crippen LogP contribution >= 0.6 is 0 Å². The smallest absolute Gasteiger partial charge is 0.255 e. The Kier molecular flexibility index (Phi) is 6.29. The number of benzene rings is 3. The average molecular weight is 388 g/mol. The molecule has 2 amide bonds. The van der Waals surface area contributed by atoms with Crippen molar-refractivity contribution in [2.75, 3.05) is 12.4 Å². The molecule has 0 aliphatic heterocycles. The van der Waals surface area contributed by atoms with Crippen LogP contribution in [0.5, 0.6) is 5.75 Å². The molecule has 0 heterocycles. The van der Waals surface area contributed by atoms with Gasteiger partial charge in [0, 0.05) is 11.1 Å². The quantitative estimate of drug-likeness (QED) is 0.640. The number of ether oxygens (including phenoxy) is 1. The molecule has 1 atom stereocenters. The van der Waals surface area contributed by atoms with Crippen LogP contribution < -0.4 is 15.4 Å². The molecule has 3 aromatic rings. The lowest BCUT2D eigenvalue weighted by molar-refractivity contribution is 0.0938. The van der Waals surface area contributed by atoms with Gasteiger partial charge in [0.05, 0.1) is 18.8 Å². The molecule has 148 valence electrons. The Balaban J connectivity index is 1.67. The molecule has 0 saturated heterocycles. The number of nitrogens with one attached hydrogen (secondary N) is 2. The van der Waals surface area contributed by atoms with E-state index in [9.17, 15) is 9.59 Å². The maximum atomic E-state index is 12.6. The summed E-state index contributed by atoms with van der Waals surface area (Å²) >= 11 is 0. The van der Waals surface area contributed by atoms with E-state index in [4.69, 9.17) is 4.74 Å². The van der Waals surface area contributed by atoms with E-state index in [1.54, 1.807) is 31.4 Å². The van der Waals surface area contributed by atoms with Gasteiger partial charge in [0.2, 0.25) is 0 Å². The van der Waals surface area contributed by atoms with Crippen molar-refractivity contribution in [2.24, 2.45) is 0 Å². The number of carbonyl (C=O) groups excluding carboxylic acids is 2. The number of rotatable bonds is 6. The topological polar surface area (TPSA) is 67.4 Å². The third kappa shape index (κ3) is 5.02. The van der Waals surface area contributed by atoms with Gasteiger partial charge in [-0.15, -0.1) is 0 Å². The average Bonchev–Trinajstić information content (AvgIpc) is 2.74. The molecule has 0 saturated carbocycles. The fourth-order valence-electron chi connectivity index (χ4n) is 2.99. The van der Waals surface area contributed by atoms with E-state index in [1.807, 2.05) is 62.4 Å². The van der Waals surface area contributed by atoms with E-state index in [0.29, 0.717) is 22.6 Å². The van der Waals surface area contributed by atoms with Crippen LogP contribution in [-0.4, -0.2) is 18.9 Å². The number of methoxy groups -OCH3 is 1. The molecule has 5 heteroatoms. The Morgan fingerprint density at radius 1 is 0.862 bits per heavy atom. The van der Waals surface area contributed by atoms with E-state index < -0.39 is 0 Å². The zero-order valence-corrected chi connectivity index (χ0v) is 16.7. The molecule has 0 aliphatic rings. The van der Waals surface area contributed by atoms with Gasteiger partial charge in [-0.1, -0.05) is 36.4 Å². The Morgan fingerprint density at radius 3 is 2.10 bits per heavy atom. The molecule has 0 bridgehead atoms. The van der Waals surface area contributed by atoms with Crippen molar-refractivity contribution in [1.82, 2.24) is 5.32 Å². The molecule has 0 radical (unpaired) electrons. The van der Waals surface area contributed by atoms with Crippen LogP contribution in [0, 0.1) is 6.92 Å². The lowest BCUT2D eigenvalue weighted by atomic mass is 10.1. The van der Waals surface area contributed by atoms with Gasteiger partial charge in [0.1, 0.15) is 5.75 Å². The highest BCUT2D eigenvalue weighted by Gasteiger charge is 2.14. The number of carbonyl (C=O) groups is 2. The van der Waals surface area contributed by atoms with Gasteiger partial charge >= 0.3 is 0 Å². The first-order valence-electron chi connectivity index (χ1n) is 9.40. The number of amides is 2.